The number of carbonyl (C=O) groups excluding carboxylic acids is 2. The molecule has 1 aromatic heterocycles. The Morgan fingerprint density at radius 2 is 1.72 bits per heavy atom. The number of amides is 2. The van der Waals surface area contributed by atoms with Gasteiger partial charge in [-0.15, -0.1) is 0 Å². The number of hydrogen-bond acceptors (Lipinski definition) is 3. The average molecular weight is 431 g/mol. The Labute approximate surface area is 189 Å². The molecule has 0 saturated carbocycles. The summed E-state index contributed by atoms with van der Waals surface area (Å²) in [5.74, 6) is 0.876. The Bertz CT molecular complexity index is 1020. The number of aryl methyl sites for hydroxylation is 1. The second-order valence-corrected chi connectivity index (χ2v) is 8.42. The Hall–Kier alpha value is -3.41. The second kappa shape index (κ2) is 10.3. The van der Waals surface area contributed by atoms with Crippen molar-refractivity contribution in [1.82, 2.24) is 20.2 Å². The summed E-state index contributed by atoms with van der Waals surface area (Å²) in [4.78, 5) is 35.0. The molecular formula is C26H30N4O2. The predicted octanol–water partition coefficient (Wildman–Crippen LogP) is 4.13. The number of aromatic amines is 1. The van der Waals surface area contributed by atoms with Crippen LogP contribution in [0.1, 0.15) is 43.6 Å². The number of hydrogen-bond donors (Lipinski definition) is 2. The van der Waals surface area contributed by atoms with Crippen LogP contribution in [0, 0.1) is 5.92 Å². The molecule has 1 unspecified atom stereocenters. The molecule has 2 N–H and O–H groups in total. The van der Waals surface area contributed by atoms with Crippen LogP contribution < -0.4 is 5.32 Å². The van der Waals surface area contributed by atoms with E-state index in [0.29, 0.717) is 32.4 Å². The van der Waals surface area contributed by atoms with E-state index in [4.69, 9.17) is 0 Å². The lowest BCUT2D eigenvalue weighted by molar-refractivity contribution is -0.135. The van der Waals surface area contributed by atoms with E-state index in [2.05, 4.69) is 15.3 Å². The number of piperidine rings is 1. The first-order valence-electron chi connectivity index (χ1n) is 11.3. The number of benzene rings is 2. The third kappa shape index (κ3) is 5.44. The molecule has 2 heterocycles. The molecule has 0 aliphatic carbocycles. The van der Waals surface area contributed by atoms with Crippen molar-refractivity contribution in [2.45, 2.75) is 38.6 Å². The van der Waals surface area contributed by atoms with Crippen molar-refractivity contribution in [2.75, 3.05) is 13.1 Å². The summed E-state index contributed by atoms with van der Waals surface area (Å²) in [6.45, 7) is 3.21. The molecule has 1 aliphatic heterocycles. The second-order valence-electron chi connectivity index (χ2n) is 8.42. The molecule has 3 aromatic rings. The van der Waals surface area contributed by atoms with Gasteiger partial charge in [-0.3, -0.25) is 9.59 Å². The van der Waals surface area contributed by atoms with Gasteiger partial charge in [-0.2, -0.15) is 0 Å². The van der Waals surface area contributed by atoms with Gasteiger partial charge in [0.15, 0.2) is 0 Å². The minimum absolute atomic E-state index is 0.0338. The fraction of sp³-hybridized carbons (Fsp3) is 0.346. The van der Waals surface area contributed by atoms with E-state index >= 15 is 0 Å². The number of rotatable bonds is 7. The lowest BCUT2D eigenvalue weighted by atomic mass is 9.95. The van der Waals surface area contributed by atoms with Gasteiger partial charge in [-0.25, -0.2) is 4.98 Å². The molecule has 6 heteroatoms. The van der Waals surface area contributed by atoms with E-state index in [1.165, 1.54) is 5.56 Å². The van der Waals surface area contributed by atoms with Gasteiger partial charge < -0.3 is 15.2 Å². The van der Waals surface area contributed by atoms with Gasteiger partial charge in [-0.1, -0.05) is 60.7 Å². The molecule has 32 heavy (non-hydrogen) atoms. The maximum Gasteiger partial charge on any atom is 0.223 e. The molecule has 0 bridgehead atoms. The van der Waals surface area contributed by atoms with Crippen LogP contribution in [0.15, 0.2) is 66.9 Å². The number of H-pyrrole nitrogens is 1. The van der Waals surface area contributed by atoms with Crippen molar-refractivity contribution in [3.05, 3.63) is 78.2 Å². The van der Waals surface area contributed by atoms with Crippen molar-refractivity contribution in [2.24, 2.45) is 5.92 Å². The fourth-order valence-electron chi connectivity index (χ4n) is 4.17. The minimum atomic E-state index is -0.203. The van der Waals surface area contributed by atoms with Crippen molar-refractivity contribution in [3.63, 3.8) is 0 Å². The van der Waals surface area contributed by atoms with Crippen LogP contribution in [0.2, 0.25) is 0 Å². The van der Waals surface area contributed by atoms with Crippen LogP contribution in [0.3, 0.4) is 0 Å². The number of carbonyl (C=O) groups is 2. The quantitative estimate of drug-likeness (QED) is 0.592. The maximum absolute atomic E-state index is 12.8. The molecule has 0 radical (unpaired) electrons. The van der Waals surface area contributed by atoms with E-state index in [9.17, 15) is 9.59 Å². The van der Waals surface area contributed by atoms with Crippen molar-refractivity contribution in [3.8, 4) is 11.3 Å². The van der Waals surface area contributed by atoms with E-state index < -0.39 is 0 Å². The van der Waals surface area contributed by atoms with Crippen LogP contribution in [0.25, 0.3) is 11.3 Å². The molecule has 1 saturated heterocycles. The number of nitrogens with one attached hydrogen (secondary N) is 2. The Kier molecular flexibility index (Phi) is 7.00. The molecule has 1 atom stereocenters. The van der Waals surface area contributed by atoms with Gasteiger partial charge in [0.1, 0.15) is 5.82 Å². The Morgan fingerprint density at radius 3 is 2.41 bits per heavy atom. The normalized spacial score (nSPS) is 15.3. The first-order chi connectivity index (χ1) is 15.6. The van der Waals surface area contributed by atoms with Crippen LogP contribution in [-0.4, -0.2) is 39.8 Å². The van der Waals surface area contributed by atoms with Crippen molar-refractivity contribution < 1.29 is 9.59 Å². The highest BCUT2D eigenvalue weighted by atomic mass is 16.2. The van der Waals surface area contributed by atoms with Gasteiger partial charge in [0.05, 0.1) is 17.9 Å². The SMILES string of the molecule is CC(NC(=O)C1CCN(C(=O)CCc2ccccc2)CC1)c1ncc(-c2ccccc2)[nH]1. The molecule has 1 fully saturated rings. The average Bonchev–Trinajstić information content (AvgIpc) is 3.34. The summed E-state index contributed by atoms with van der Waals surface area (Å²) >= 11 is 0. The molecule has 2 aromatic carbocycles. The smallest absolute Gasteiger partial charge is 0.223 e. The zero-order chi connectivity index (χ0) is 22.3. The largest absolute Gasteiger partial charge is 0.346 e. The summed E-state index contributed by atoms with van der Waals surface area (Å²) in [6, 6.07) is 19.9. The zero-order valence-electron chi connectivity index (χ0n) is 18.5. The summed E-state index contributed by atoms with van der Waals surface area (Å²) in [7, 11) is 0. The number of likely N-dealkylation sites (tertiary alicyclic amines) is 1. The highest BCUT2D eigenvalue weighted by molar-refractivity contribution is 5.80. The Balaban J connectivity index is 1.24. The predicted molar refractivity (Wildman–Crippen MR) is 125 cm³/mol. The monoisotopic (exact) mass is 430 g/mol. The highest BCUT2D eigenvalue weighted by Gasteiger charge is 2.28. The summed E-state index contributed by atoms with van der Waals surface area (Å²) < 4.78 is 0. The molecule has 6 nitrogen and oxygen atoms in total. The van der Waals surface area contributed by atoms with Crippen LogP contribution in [0.4, 0.5) is 0 Å². The van der Waals surface area contributed by atoms with Gasteiger partial charge in [-0.05, 0) is 37.3 Å². The third-order valence-corrected chi connectivity index (χ3v) is 6.14. The van der Waals surface area contributed by atoms with Crippen molar-refractivity contribution in [1.29, 1.82) is 0 Å². The Morgan fingerprint density at radius 1 is 1.06 bits per heavy atom. The van der Waals surface area contributed by atoms with E-state index in [-0.39, 0.29) is 23.8 Å². The summed E-state index contributed by atoms with van der Waals surface area (Å²) in [6.07, 6.45) is 4.46. The third-order valence-electron chi connectivity index (χ3n) is 6.14. The van der Waals surface area contributed by atoms with E-state index in [1.54, 1.807) is 6.20 Å². The molecule has 4 rings (SSSR count). The zero-order valence-corrected chi connectivity index (χ0v) is 18.5. The lowest BCUT2D eigenvalue weighted by Gasteiger charge is -2.32. The van der Waals surface area contributed by atoms with Crippen molar-refractivity contribution >= 4 is 11.8 Å². The molecular weight excluding hydrogens is 400 g/mol. The standard InChI is InChI=1S/C26H30N4O2/c1-19(25-27-18-23(29-25)21-10-6-3-7-11-21)28-26(32)22-14-16-30(17-15-22)24(31)13-12-20-8-4-2-5-9-20/h2-11,18-19,22H,12-17H2,1H3,(H,27,29)(H,28,32). The maximum atomic E-state index is 12.8. The van der Waals surface area contributed by atoms with Crippen LogP contribution >= 0.6 is 0 Å². The first-order valence-corrected chi connectivity index (χ1v) is 11.3. The molecule has 0 spiro atoms. The lowest BCUT2D eigenvalue weighted by Crippen LogP contribution is -2.43. The van der Waals surface area contributed by atoms with Gasteiger partial charge in [0.25, 0.3) is 0 Å². The van der Waals surface area contributed by atoms with Gasteiger partial charge in [0.2, 0.25) is 11.8 Å². The van der Waals surface area contributed by atoms with Gasteiger partial charge >= 0.3 is 0 Å². The van der Waals surface area contributed by atoms with E-state index in [1.807, 2.05) is 72.5 Å². The number of aromatic nitrogens is 2. The topological polar surface area (TPSA) is 78.1 Å². The molecule has 1 aliphatic rings. The summed E-state index contributed by atoms with van der Waals surface area (Å²) in [5.41, 5.74) is 3.18. The fourth-order valence-corrected chi connectivity index (χ4v) is 4.17. The van der Waals surface area contributed by atoms with E-state index in [0.717, 1.165) is 23.5 Å². The highest BCUT2D eigenvalue weighted by Crippen LogP contribution is 2.22. The van der Waals surface area contributed by atoms with Crippen LogP contribution in [0.5, 0.6) is 0 Å². The van der Waals surface area contributed by atoms with Crippen LogP contribution in [-0.2, 0) is 16.0 Å². The first kappa shape index (κ1) is 21.8. The minimum Gasteiger partial charge on any atom is -0.346 e. The number of imidazole rings is 1. The summed E-state index contributed by atoms with van der Waals surface area (Å²) in [5, 5.41) is 3.09. The van der Waals surface area contributed by atoms with Gasteiger partial charge in [0, 0.05) is 25.4 Å². The number of nitrogens with zero attached hydrogens (tertiary/aromatic N) is 2. The molecule has 166 valence electrons. The molecule has 2 amide bonds.